The van der Waals surface area contributed by atoms with E-state index in [0.717, 1.165) is 37.0 Å². The fourth-order valence-corrected chi connectivity index (χ4v) is 3.67. The van der Waals surface area contributed by atoms with E-state index in [1.165, 1.54) is 30.5 Å². The van der Waals surface area contributed by atoms with Crippen molar-refractivity contribution in [2.75, 3.05) is 23.1 Å². The largest absolute Gasteiger partial charge is 0.381 e. The lowest BCUT2D eigenvalue weighted by Crippen LogP contribution is -2.36. The zero-order valence-corrected chi connectivity index (χ0v) is 16.2. The maximum Gasteiger partial charge on any atom is 0.179 e. The van der Waals surface area contributed by atoms with Crippen LogP contribution in [-0.2, 0) is 13.1 Å². The molecule has 0 atom stereocenters. The SMILES string of the molecule is Fc1cccc(CN2CCC2)c1CNc1cc(F)c(SNc2ccon2)c(F)c1. The summed E-state index contributed by atoms with van der Waals surface area (Å²) in [5.41, 5.74) is 1.62. The second-order valence-corrected chi connectivity index (χ2v) is 7.54. The molecule has 0 bridgehead atoms. The standard InChI is InChI=1S/C20H19F3N4OS/c21-16-4-1-3-13(12-27-6-2-7-27)15(16)11-24-14-9-17(22)20(18(23)10-14)29-26-19-5-8-28-25-19/h1,3-5,8-10,24H,2,6-7,11-12H2,(H,25,26). The Hall–Kier alpha value is -2.65. The van der Waals surface area contributed by atoms with Gasteiger partial charge in [-0.15, -0.1) is 0 Å². The van der Waals surface area contributed by atoms with Gasteiger partial charge in [0.25, 0.3) is 0 Å². The summed E-state index contributed by atoms with van der Waals surface area (Å²) in [7, 11) is 0. The van der Waals surface area contributed by atoms with E-state index in [9.17, 15) is 13.2 Å². The summed E-state index contributed by atoms with van der Waals surface area (Å²) in [6, 6.07) is 8.87. The molecule has 0 radical (unpaired) electrons. The average Bonchev–Trinajstić information content (AvgIpc) is 3.17. The lowest BCUT2D eigenvalue weighted by atomic mass is 10.0. The fraction of sp³-hybridized carbons (Fsp3) is 0.250. The van der Waals surface area contributed by atoms with Crippen LogP contribution in [0.3, 0.4) is 0 Å². The number of nitrogens with one attached hydrogen (secondary N) is 2. The quantitative estimate of drug-likeness (QED) is 0.499. The van der Waals surface area contributed by atoms with Crippen LogP contribution in [0.1, 0.15) is 17.5 Å². The zero-order valence-electron chi connectivity index (χ0n) is 15.4. The molecule has 9 heteroatoms. The first-order chi connectivity index (χ1) is 14.1. The molecule has 5 nitrogen and oxygen atoms in total. The van der Waals surface area contributed by atoms with Crippen molar-refractivity contribution in [1.29, 1.82) is 0 Å². The van der Waals surface area contributed by atoms with Crippen LogP contribution in [-0.4, -0.2) is 23.1 Å². The van der Waals surface area contributed by atoms with Crippen LogP contribution in [0.4, 0.5) is 24.7 Å². The van der Waals surface area contributed by atoms with Crippen molar-refractivity contribution in [1.82, 2.24) is 10.1 Å². The first kappa shape index (κ1) is 19.7. The van der Waals surface area contributed by atoms with Gasteiger partial charge in [-0.05, 0) is 55.2 Å². The monoisotopic (exact) mass is 420 g/mol. The maximum absolute atomic E-state index is 14.4. The van der Waals surface area contributed by atoms with Crippen molar-refractivity contribution in [2.24, 2.45) is 0 Å². The molecule has 152 valence electrons. The van der Waals surface area contributed by atoms with Crippen molar-refractivity contribution < 1.29 is 17.7 Å². The Balaban J connectivity index is 1.45. The molecule has 1 aromatic heterocycles. The summed E-state index contributed by atoms with van der Waals surface area (Å²) >= 11 is 0.759. The minimum Gasteiger partial charge on any atom is -0.381 e. The third kappa shape index (κ3) is 4.68. The molecular weight excluding hydrogens is 401 g/mol. The summed E-state index contributed by atoms with van der Waals surface area (Å²) in [5, 5.41) is 6.55. The molecule has 2 aromatic carbocycles. The Bertz CT molecular complexity index is 957. The topological polar surface area (TPSA) is 53.3 Å². The molecule has 0 spiro atoms. The number of rotatable bonds is 8. The maximum atomic E-state index is 14.4. The molecule has 29 heavy (non-hydrogen) atoms. The van der Waals surface area contributed by atoms with E-state index < -0.39 is 11.6 Å². The van der Waals surface area contributed by atoms with E-state index in [1.54, 1.807) is 6.07 Å². The van der Waals surface area contributed by atoms with Gasteiger partial charge in [0.15, 0.2) is 5.82 Å². The minimum absolute atomic E-state index is 0.137. The zero-order chi connectivity index (χ0) is 20.2. The molecule has 0 unspecified atom stereocenters. The second-order valence-electron chi connectivity index (χ2n) is 6.72. The number of anilines is 2. The van der Waals surface area contributed by atoms with Crippen molar-refractivity contribution >= 4 is 23.5 Å². The van der Waals surface area contributed by atoms with Gasteiger partial charge in [-0.1, -0.05) is 17.3 Å². The molecule has 2 N–H and O–H groups in total. The summed E-state index contributed by atoms with van der Waals surface area (Å²) in [5.74, 6) is -1.45. The first-order valence-corrected chi connectivity index (χ1v) is 9.96. The van der Waals surface area contributed by atoms with Gasteiger partial charge in [-0.2, -0.15) is 0 Å². The molecular formula is C20H19F3N4OS. The summed E-state index contributed by atoms with van der Waals surface area (Å²) in [4.78, 5) is 2.04. The highest BCUT2D eigenvalue weighted by Gasteiger charge is 2.18. The second kappa shape index (κ2) is 8.79. The van der Waals surface area contributed by atoms with E-state index in [4.69, 9.17) is 0 Å². The number of hydrogen-bond acceptors (Lipinski definition) is 6. The molecule has 3 aromatic rings. The Labute approximate surface area is 170 Å². The normalized spacial score (nSPS) is 13.9. The average molecular weight is 420 g/mol. The molecule has 0 amide bonds. The number of benzene rings is 2. The van der Waals surface area contributed by atoms with Crippen molar-refractivity contribution in [2.45, 2.75) is 24.4 Å². The summed E-state index contributed by atoms with van der Waals surface area (Å²) in [6.07, 6.45) is 2.50. The van der Waals surface area contributed by atoms with Gasteiger partial charge < -0.3 is 14.6 Å². The highest BCUT2D eigenvalue weighted by molar-refractivity contribution is 8.00. The van der Waals surface area contributed by atoms with Crippen LogP contribution < -0.4 is 10.0 Å². The minimum atomic E-state index is -0.733. The lowest BCUT2D eigenvalue weighted by Gasteiger charge is -2.31. The van der Waals surface area contributed by atoms with Gasteiger partial charge in [0.2, 0.25) is 0 Å². The predicted molar refractivity (Wildman–Crippen MR) is 106 cm³/mol. The third-order valence-corrected chi connectivity index (χ3v) is 5.63. The van der Waals surface area contributed by atoms with E-state index in [0.29, 0.717) is 17.9 Å². The summed E-state index contributed by atoms with van der Waals surface area (Å²) < 4.78 is 50.5. The molecule has 2 heterocycles. The van der Waals surface area contributed by atoms with E-state index in [2.05, 4.69) is 24.6 Å². The van der Waals surface area contributed by atoms with Crippen LogP contribution in [0.5, 0.6) is 0 Å². The number of likely N-dealkylation sites (tertiary alicyclic amines) is 1. The van der Waals surface area contributed by atoms with Gasteiger partial charge in [0.05, 0.1) is 0 Å². The van der Waals surface area contributed by atoms with Crippen molar-refractivity contribution in [3.05, 3.63) is 71.2 Å². The van der Waals surface area contributed by atoms with Gasteiger partial charge in [0.1, 0.15) is 28.6 Å². The van der Waals surface area contributed by atoms with Gasteiger partial charge in [0, 0.05) is 30.4 Å². The van der Waals surface area contributed by atoms with E-state index in [-0.39, 0.29) is 22.9 Å². The van der Waals surface area contributed by atoms with Crippen LogP contribution in [0.25, 0.3) is 0 Å². The highest BCUT2D eigenvalue weighted by atomic mass is 32.2. The first-order valence-electron chi connectivity index (χ1n) is 9.15. The van der Waals surface area contributed by atoms with Crippen LogP contribution >= 0.6 is 11.9 Å². The highest BCUT2D eigenvalue weighted by Crippen LogP contribution is 2.29. The predicted octanol–water partition coefficient (Wildman–Crippen LogP) is 5.03. The third-order valence-electron chi connectivity index (χ3n) is 4.72. The number of hydrogen-bond donors (Lipinski definition) is 2. The lowest BCUT2D eigenvalue weighted by molar-refractivity contribution is 0.172. The van der Waals surface area contributed by atoms with Crippen LogP contribution in [0.2, 0.25) is 0 Å². The molecule has 1 aliphatic rings. The van der Waals surface area contributed by atoms with Gasteiger partial charge in [-0.3, -0.25) is 4.90 Å². The number of halogens is 3. The Kier molecular flexibility index (Phi) is 5.96. The summed E-state index contributed by atoms with van der Waals surface area (Å²) in [6.45, 7) is 2.81. The van der Waals surface area contributed by atoms with Gasteiger partial charge in [-0.25, -0.2) is 13.2 Å². The Morgan fingerprint density at radius 3 is 2.52 bits per heavy atom. The number of nitrogens with zero attached hydrogens (tertiary/aromatic N) is 2. The smallest absolute Gasteiger partial charge is 0.179 e. The molecule has 1 fully saturated rings. The van der Waals surface area contributed by atoms with Gasteiger partial charge >= 0.3 is 0 Å². The van der Waals surface area contributed by atoms with Crippen LogP contribution in [0.15, 0.2) is 52.1 Å². The fourth-order valence-electron chi connectivity index (χ4n) is 3.05. The Morgan fingerprint density at radius 1 is 1.07 bits per heavy atom. The Morgan fingerprint density at radius 2 is 1.86 bits per heavy atom. The number of aromatic nitrogens is 1. The van der Waals surface area contributed by atoms with E-state index in [1.807, 2.05) is 6.07 Å². The molecule has 0 saturated carbocycles. The molecule has 1 aliphatic heterocycles. The molecule has 1 saturated heterocycles. The van der Waals surface area contributed by atoms with Crippen molar-refractivity contribution in [3.8, 4) is 0 Å². The molecule has 0 aliphatic carbocycles. The van der Waals surface area contributed by atoms with Crippen molar-refractivity contribution in [3.63, 3.8) is 0 Å². The van der Waals surface area contributed by atoms with Crippen LogP contribution in [0, 0.1) is 17.5 Å². The molecule has 4 rings (SSSR count). The van der Waals surface area contributed by atoms with E-state index >= 15 is 0 Å².